The third-order valence-corrected chi connectivity index (χ3v) is 6.14. The van der Waals surface area contributed by atoms with Crippen LogP contribution in [0.4, 0.5) is 0 Å². The maximum Gasteiger partial charge on any atom is 0.0105 e. The Hall–Kier alpha value is -0.380. The van der Waals surface area contributed by atoms with Crippen molar-refractivity contribution >= 4 is 11.3 Å². The van der Waals surface area contributed by atoms with Crippen molar-refractivity contribution in [2.24, 2.45) is 17.8 Å². The summed E-state index contributed by atoms with van der Waals surface area (Å²) in [6.45, 7) is 7.20. The Kier molecular flexibility index (Phi) is 6.72. The molecule has 0 aromatic carbocycles. The lowest BCUT2D eigenvalue weighted by atomic mass is 9.73. The first-order valence-electron chi connectivity index (χ1n) is 8.48. The minimum atomic E-state index is 0.712. The van der Waals surface area contributed by atoms with E-state index < -0.39 is 0 Å². The summed E-state index contributed by atoms with van der Waals surface area (Å²) in [5, 5.41) is 5.75. The third kappa shape index (κ3) is 5.08. The first-order valence-corrected chi connectivity index (χ1v) is 9.36. The molecule has 0 amide bonds. The van der Waals surface area contributed by atoms with Crippen molar-refractivity contribution < 1.29 is 0 Å². The second-order valence-electron chi connectivity index (χ2n) is 7.06. The van der Waals surface area contributed by atoms with Gasteiger partial charge in [-0.15, -0.1) is 11.3 Å². The molecule has 3 atom stereocenters. The zero-order valence-corrected chi connectivity index (χ0v) is 15.0. The summed E-state index contributed by atoms with van der Waals surface area (Å²) in [6.07, 6.45) is 5.34. The zero-order chi connectivity index (χ0) is 15.2. The molecular weight excluding hydrogens is 276 g/mol. The molecule has 2 nitrogen and oxygen atoms in total. The van der Waals surface area contributed by atoms with Crippen molar-refractivity contribution in [2.45, 2.75) is 45.6 Å². The van der Waals surface area contributed by atoms with Crippen molar-refractivity contribution in [3.63, 3.8) is 0 Å². The van der Waals surface area contributed by atoms with Gasteiger partial charge in [0, 0.05) is 24.0 Å². The molecule has 3 unspecified atom stereocenters. The molecule has 1 aliphatic rings. The van der Waals surface area contributed by atoms with E-state index in [0.717, 1.165) is 17.8 Å². The van der Waals surface area contributed by atoms with E-state index in [4.69, 9.17) is 0 Å². The standard InChI is InChI=1S/C18H32N2S/c1-14(2)15-7-8-18(19-3)16(12-15)13-20(4)10-9-17-6-5-11-21-17/h5-6,11,14-16,18-19H,7-10,12-13H2,1-4H3. The van der Waals surface area contributed by atoms with Gasteiger partial charge < -0.3 is 10.2 Å². The van der Waals surface area contributed by atoms with E-state index in [2.05, 4.69) is 55.7 Å². The summed E-state index contributed by atoms with van der Waals surface area (Å²) in [6, 6.07) is 5.12. The average molecular weight is 309 g/mol. The Balaban J connectivity index is 1.82. The highest BCUT2D eigenvalue weighted by Gasteiger charge is 2.31. The molecule has 0 bridgehead atoms. The van der Waals surface area contributed by atoms with E-state index in [1.54, 1.807) is 0 Å². The van der Waals surface area contributed by atoms with E-state index in [9.17, 15) is 0 Å². The van der Waals surface area contributed by atoms with Gasteiger partial charge in [0.05, 0.1) is 0 Å². The molecule has 1 aromatic heterocycles. The highest BCUT2D eigenvalue weighted by atomic mass is 32.1. The molecule has 120 valence electrons. The Morgan fingerprint density at radius 2 is 2.19 bits per heavy atom. The summed E-state index contributed by atoms with van der Waals surface area (Å²) in [5.41, 5.74) is 0. The van der Waals surface area contributed by atoms with Gasteiger partial charge in [-0.1, -0.05) is 19.9 Å². The lowest BCUT2D eigenvalue weighted by Gasteiger charge is -2.39. The van der Waals surface area contributed by atoms with Crippen molar-refractivity contribution in [2.75, 3.05) is 27.2 Å². The molecule has 21 heavy (non-hydrogen) atoms. The minimum absolute atomic E-state index is 0.712. The molecule has 3 heteroatoms. The molecule has 1 saturated carbocycles. The van der Waals surface area contributed by atoms with Gasteiger partial charge >= 0.3 is 0 Å². The fourth-order valence-electron chi connectivity index (χ4n) is 3.74. The normalized spacial score (nSPS) is 26.7. The number of hydrogen-bond acceptors (Lipinski definition) is 3. The number of hydrogen-bond donors (Lipinski definition) is 1. The lowest BCUT2D eigenvalue weighted by molar-refractivity contribution is 0.137. The second-order valence-corrected chi connectivity index (χ2v) is 8.10. The average Bonchev–Trinajstić information content (AvgIpc) is 2.98. The Labute approximate surface area is 134 Å². The smallest absolute Gasteiger partial charge is 0.0105 e. The van der Waals surface area contributed by atoms with Gasteiger partial charge in [-0.3, -0.25) is 0 Å². The van der Waals surface area contributed by atoms with Crippen LogP contribution in [0.1, 0.15) is 38.0 Å². The van der Waals surface area contributed by atoms with Crippen molar-refractivity contribution in [3.8, 4) is 0 Å². The maximum atomic E-state index is 3.56. The Morgan fingerprint density at radius 1 is 1.38 bits per heavy atom. The van der Waals surface area contributed by atoms with Crippen LogP contribution in [0.15, 0.2) is 17.5 Å². The van der Waals surface area contributed by atoms with E-state index in [1.807, 2.05) is 11.3 Å². The molecule has 1 heterocycles. The summed E-state index contributed by atoms with van der Waals surface area (Å²) in [4.78, 5) is 4.05. The Morgan fingerprint density at radius 3 is 2.81 bits per heavy atom. The topological polar surface area (TPSA) is 15.3 Å². The van der Waals surface area contributed by atoms with Crippen LogP contribution in [0.3, 0.4) is 0 Å². The summed E-state index contributed by atoms with van der Waals surface area (Å²) in [7, 11) is 4.43. The largest absolute Gasteiger partial charge is 0.317 e. The van der Waals surface area contributed by atoms with Crippen LogP contribution in [0.25, 0.3) is 0 Å². The van der Waals surface area contributed by atoms with Crippen LogP contribution in [0.2, 0.25) is 0 Å². The van der Waals surface area contributed by atoms with Gasteiger partial charge in [0.15, 0.2) is 0 Å². The fraction of sp³-hybridized carbons (Fsp3) is 0.778. The van der Waals surface area contributed by atoms with E-state index in [0.29, 0.717) is 6.04 Å². The molecule has 1 N–H and O–H groups in total. The summed E-state index contributed by atoms with van der Waals surface area (Å²) in [5.74, 6) is 2.57. The highest BCUT2D eigenvalue weighted by Crippen LogP contribution is 2.34. The molecule has 2 rings (SSSR count). The van der Waals surface area contributed by atoms with E-state index in [1.165, 1.54) is 43.6 Å². The second kappa shape index (κ2) is 8.30. The van der Waals surface area contributed by atoms with E-state index in [-0.39, 0.29) is 0 Å². The van der Waals surface area contributed by atoms with E-state index >= 15 is 0 Å². The lowest BCUT2D eigenvalue weighted by Crippen LogP contribution is -2.44. The first-order chi connectivity index (χ1) is 10.1. The van der Waals surface area contributed by atoms with Crippen LogP contribution in [-0.4, -0.2) is 38.1 Å². The molecule has 0 spiro atoms. The van der Waals surface area contributed by atoms with Crippen molar-refractivity contribution in [3.05, 3.63) is 22.4 Å². The van der Waals surface area contributed by atoms with Gasteiger partial charge in [-0.25, -0.2) is 0 Å². The van der Waals surface area contributed by atoms with Crippen LogP contribution in [0.5, 0.6) is 0 Å². The molecule has 0 aliphatic heterocycles. The van der Waals surface area contributed by atoms with Crippen LogP contribution in [-0.2, 0) is 6.42 Å². The van der Waals surface area contributed by atoms with Crippen LogP contribution in [0, 0.1) is 17.8 Å². The number of rotatable bonds is 7. The summed E-state index contributed by atoms with van der Waals surface area (Å²) < 4.78 is 0. The van der Waals surface area contributed by atoms with Gasteiger partial charge in [0.25, 0.3) is 0 Å². The molecule has 1 fully saturated rings. The number of thiophene rings is 1. The molecule has 0 radical (unpaired) electrons. The van der Waals surface area contributed by atoms with Crippen molar-refractivity contribution in [1.82, 2.24) is 10.2 Å². The van der Waals surface area contributed by atoms with Crippen molar-refractivity contribution in [1.29, 1.82) is 0 Å². The number of nitrogens with one attached hydrogen (secondary N) is 1. The first kappa shape index (κ1) is 17.0. The molecule has 1 aliphatic carbocycles. The molecule has 1 aromatic rings. The van der Waals surface area contributed by atoms with Gasteiger partial charge in [0.2, 0.25) is 0 Å². The predicted molar refractivity (Wildman–Crippen MR) is 94.0 cm³/mol. The number of nitrogens with zero attached hydrogens (tertiary/aromatic N) is 1. The minimum Gasteiger partial charge on any atom is -0.317 e. The van der Waals surface area contributed by atoms with Crippen LogP contribution < -0.4 is 5.32 Å². The third-order valence-electron chi connectivity index (χ3n) is 5.20. The maximum absolute atomic E-state index is 3.56. The van der Waals surface area contributed by atoms with Gasteiger partial charge in [0.1, 0.15) is 0 Å². The Bertz CT molecular complexity index is 388. The van der Waals surface area contributed by atoms with Crippen LogP contribution >= 0.6 is 11.3 Å². The SMILES string of the molecule is CNC1CCC(C(C)C)CC1CN(C)CCc1cccs1. The van der Waals surface area contributed by atoms with Gasteiger partial charge in [-0.05, 0) is 69.0 Å². The monoisotopic (exact) mass is 308 g/mol. The number of likely N-dealkylation sites (N-methyl/N-ethyl adjacent to an activating group) is 1. The quantitative estimate of drug-likeness (QED) is 0.822. The highest BCUT2D eigenvalue weighted by molar-refractivity contribution is 7.09. The predicted octanol–water partition coefficient (Wildman–Crippen LogP) is 3.88. The zero-order valence-electron chi connectivity index (χ0n) is 14.1. The fourth-order valence-corrected chi connectivity index (χ4v) is 4.43. The molecule has 0 saturated heterocycles. The summed E-state index contributed by atoms with van der Waals surface area (Å²) >= 11 is 1.88. The molecular formula is C18H32N2S. The van der Waals surface area contributed by atoms with Gasteiger partial charge in [-0.2, -0.15) is 0 Å².